The Morgan fingerprint density at radius 3 is 2.56 bits per heavy atom. The number of hydrogen-bond donors (Lipinski definition) is 2. The van der Waals surface area contributed by atoms with Crippen LogP contribution < -0.4 is 16.4 Å². The molecule has 2 aliphatic heterocycles. The first-order valence-electron chi connectivity index (χ1n) is 12.2. The standard InChI is InChI=1S/C24H26F4N10O/c25-16-1-2-17(37-5-3-23(31,12-37)22(39)36-9-7-35(6-4-29)8-10-36)15(18(16)24(26,27)28)11-38-14-34-19-20(30)32-13-33-21(19)38/h1-2,13-14H,3,5-12,31H2,(H2,30,32,33). The van der Waals surface area contributed by atoms with E-state index >= 15 is 0 Å². The number of anilines is 2. The topological polar surface area (TPSA) is 146 Å². The summed E-state index contributed by atoms with van der Waals surface area (Å²) >= 11 is 0. The summed E-state index contributed by atoms with van der Waals surface area (Å²) in [6, 6.07) is 4.14. The van der Waals surface area contributed by atoms with Gasteiger partial charge in [0.05, 0.1) is 31.0 Å². The van der Waals surface area contributed by atoms with E-state index in [0.717, 1.165) is 6.07 Å². The molecule has 4 N–H and O–H groups in total. The highest BCUT2D eigenvalue weighted by Gasteiger charge is 2.46. The van der Waals surface area contributed by atoms with Crippen LogP contribution in [-0.2, 0) is 17.5 Å². The molecule has 206 valence electrons. The molecule has 2 saturated heterocycles. The second-order valence-corrected chi connectivity index (χ2v) is 9.78. The number of halogens is 4. The number of piperazine rings is 1. The number of nitrogens with two attached hydrogens (primary N) is 2. The molecule has 3 aromatic rings. The lowest BCUT2D eigenvalue weighted by atomic mass is 9.97. The van der Waals surface area contributed by atoms with Gasteiger partial charge in [0.25, 0.3) is 0 Å². The number of nitriles is 1. The van der Waals surface area contributed by atoms with Crippen LogP contribution in [0.1, 0.15) is 17.5 Å². The van der Waals surface area contributed by atoms with Gasteiger partial charge in [-0.15, -0.1) is 0 Å². The third kappa shape index (κ3) is 4.92. The first kappa shape index (κ1) is 26.6. The Hall–Kier alpha value is -4.03. The van der Waals surface area contributed by atoms with E-state index in [2.05, 4.69) is 21.0 Å². The average molecular weight is 547 g/mol. The fraction of sp³-hybridized carbons (Fsp3) is 0.458. The molecule has 2 aromatic heterocycles. The monoisotopic (exact) mass is 546 g/mol. The number of rotatable bonds is 5. The minimum Gasteiger partial charge on any atom is -0.382 e. The number of nitrogens with zero attached hydrogens (tertiary/aromatic N) is 8. The lowest BCUT2D eigenvalue weighted by molar-refractivity contribution is -0.140. The van der Waals surface area contributed by atoms with Crippen molar-refractivity contribution in [1.82, 2.24) is 29.3 Å². The van der Waals surface area contributed by atoms with Crippen molar-refractivity contribution in [2.24, 2.45) is 5.73 Å². The third-order valence-electron chi connectivity index (χ3n) is 7.30. The number of hydrogen-bond acceptors (Lipinski definition) is 9. The lowest BCUT2D eigenvalue weighted by Crippen LogP contribution is -2.60. The van der Waals surface area contributed by atoms with Gasteiger partial charge in [0.2, 0.25) is 5.91 Å². The summed E-state index contributed by atoms with van der Waals surface area (Å²) in [5.41, 5.74) is 9.83. The minimum atomic E-state index is -4.99. The molecule has 1 atom stereocenters. The van der Waals surface area contributed by atoms with Crippen molar-refractivity contribution in [2.45, 2.75) is 24.7 Å². The molecule has 0 radical (unpaired) electrons. The summed E-state index contributed by atoms with van der Waals surface area (Å²) in [6.45, 7) is 1.88. The molecule has 0 aliphatic carbocycles. The Labute approximate surface area is 220 Å². The molecule has 5 rings (SSSR count). The second-order valence-electron chi connectivity index (χ2n) is 9.78. The lowest BCUT2D eigenvalue weighted by Gasteiger charge is -2.37. The summed E-state index contributed by atoms with van der Waals surface area (Å²) < 4.78 is 58.5. The highest BCUT2D eigenvalue weighted by atomic mass is 19.4. The first-order chi connectivity index (χ1) is 18.5. The maximum atomic E-state index is 14.7. The highest BCUT2D eigenvalue weighted by molar-refractivity contribution is 5.88. The Morgan fingerprint density at radius 1 is 1.13 bits per heavy atom. The van der Waals surface area contributed by atoms with Crippen LogP contribution >= 0.6 is 0 Å². The molecule has 2 aliphatic rings. The summed E-state index contributed by atoms with van der Waals surface area (Å²) in [7, 11) is 0. The van der Waals surface area contributed by atoms with Crippen LogP contribution in [0.4, 0.5) is 29.1 Å². The molecule has 0 spiro atoms. The van der Waals surface area contributed by atoms with Crippen LogP contribution in [0.15, 0.2) is 24.8 Å². The molecule has 2 fully saturated rings. The van der Waals surface area contributed by atoms with Crippen molar-refractivity contribution in [3.8, 4) is 6.07 Å². The van der Waals surface area contributed by atoms with Gasteiger partial charge >= 0.3 is 6.18 Å². The van der Waals surface area contributed by atoms with E-state index < -0.39 is 29.6 Å². The second kappa shape index (κ2) is 9.93. The normalized spacial score (nSPS) is 20.5. The molecular weight excluding hydrogens is 520 g/mol. The van der Waals surface area contributed by atoms with Crippen LogP contribution in [-0.4, -0.2) is 86.6 Å². The van der Waals surface area contributed by atoms with Crippen LogP contribution in [0.2, 0.25) is 0 Å². The fourth-order valence-corrected chi connectivity index (χ4v) is 5.29. The van der Waals surface area contributed by atoms with Crippen molar-refractivity contribution in [3.63, 3.8) is 0 Å². The van der Waals surface area contributed by atoms with Crippen LogP contribution in [0.25, 0.3) is 11.2 Å². The number of carbonyl (C=O) groups excluding carboxylic acids is 1. The highest BCUT2D eigenvalue weighted by Crippen LogP contribution is 2.40. The Bertz CT molecular complexity index is 1440. The van der Waals surface area contributed by atoms with Crippen molar-refractivity contribution in [3.05, 3.63) is 41.7 Å². The summed E-state index contributed by atoms with van der Waals surface area (Å²) in [6.07, 6.45) is -2.34. The van der Waals surface area contributed by atoms with Gasteiger partial charge < -0.3 is 25.8 Å². The maximum Gasteiger partial charge on any atom is 0.419 e. The van der Waals surface area contributed by atoms with E-state index in [-0.39, 0.29) is 60.2 Å². The summed E-state index contributed by atoms with van der Waals surface area (Å²) in [5.74, 6) is -1.65. The van der Waals surface area contributed by atoms with Gasteiger partial charge in [0.1, 0.15) is 23.2 Å². The molecule has 4 heterocycles. The number of imidazole rings is 1. The molecule has 0 saturated carbocycles. The third-order valence-corrected chi connectivity index (χ3v) is 7.30. The smallest absolute Gasteiger partial charge is 0.382 e. The van der Waals surface area contributed by atoms with Gasteiger partial charge in [-0.3, -0.25) is 9.69 Å². The zero-order valence-corrected chi connectivity index (χ0v) is 20.8. The average Bonchev–Trinajstić information content (AvgIpc) is 3.49. The molecule has 0 bridgehead atoms. The van der Waals surface area contributed by atoms with Crippen molar-refractivity contribution >= 4 is 28.6 Å². The summed E-state index contributed by atoms with van der Waals surface area (Å²) in [5, 5.41) is 8.89. The van der Waals surface area contributed by atoms with E-state index in [4.69, 9.17) is 16.7 Å². The number of fused-ring (bicyclic) bond motifs is 1. The fourth-order valence-electron chi connectivity index (χ4n) is 5.29. The number of nitrogen functional groups attached to an aromatic ring is 1. The molecule has 11 nitrogen and oxygen atoms in total. The van der Waals surface area contributed by atoms with E-state index in [0.29, 0.717) is 26.2 Å². The Balaban J connectivity index is 1.46. The van der Waals surface area contributed by atoms with Gasteiger partial charge in [-0.1, -0.05) is 0 Å². The van der Waals surface area contributed by atoms with E-state index in [9.17, 15) is 22.4 Å². The van der Waals surface area contributed by atoms with Crippen molar-refractivity contribution in [2.75, 3.05) is 56.4 Å². The molecule has 1 amide bonds. The van der Waals surface area contributed by atoms with Gasteiger partial charge in [0, 0.05) is 50.5 Å². The molecular formula is C24H26F4N10O. The van der Waals surface area contributed by atoms with E-state index in [1.807, 2.05) is 4.90 Å². The number of carbonyl (C=O) groups is 1. The van der Waals surface area contributed by atoms with E-state index in [1.54, 1.807) is 9.80 Å². The molecule has 1 unspecified atom stereocenters. The number of alkyl halides is 3. The number of amides is 1. The van der Waals surface area contributed by atoms with E-state index in [1.165, 1.54) is 23.3 Å². The van der Waals surface area contributed by atoms with Crippen LogP contribution in [0.5, 0.6) is 0 Å². The van der Waals surface area contributed by atoms with Crippen molar-refractivity contribution in [1.29, 1.82) is 5.26 Å². The minimum absolute atomic E-state index is 0.0417. The zero-order valence-electron chi connectivity index (χ0n) is 20.8. The van der Waals surface area contributed by atoms with Crippen molar-refractivity contribution < 1.29 is 22.4 Å². The predicted octanol–water partition coefficient (Wildman–Crippen LogP) is 1.19. The van der Waals surface area contributed by atoms with Gasteiger partial charge in [0.15, 0.2) is 11.5 Å². The van der Waals surface area contributed by atoms with Crippen LogP contribution in [0.3, 0.4) is 0 Å². The largest absolute Gasteiger partial charge is 0.419 e. The van der Waals surface area contributed by atoms with Crippen LogP contribution in [0, 0.1) is 17.1 Å². The SMILES string of the molecule is N#CCN1CCN(C(=O)C2(N)CCN(c3ccc(F)c(C(F)(F)F)c3Cn3cnc4c(N)ncnc43)C2)CC1. The molecule has 15 heteroatoms. The summed E-state index contributed by atoms with van der Waals surface area (Å²) in [4.78, 5) is 30.6. The van der Waals surface area contributed by atoms with Gasteiger partial charge in [-0.25, -0.2) is 19.3 Å². The maximum absolute atomic E-state index is 14.7. The van der Waals surface area contributed by atoms with Gasteiger partial charge in [-0.2, -0.15) is 18.4 Å². The van der Waals surface area contributed by atoms with Gasteiger partial charge in [-0.05, 0) is 18.6 Å². The Morgan fingerprint density at radius 2 is 1.87 bits per heavy atom. The quantitative estimate of drug-likeness (QED) is 0.356. The number of aromatic nitrogens is 4. The first-order valence-corrected chi connectivity index (χ1v) is 12.2. The predicted molar refractivity (Wildman–Crippen MR) is 133 cm³/mol. The Kier molecular flexibility index (Phi) is 6.77. The molecule has 39 heavy (non-hydrogen) atoms. The number of benzene rings is 1. The molecule has 1 aromatic carbocycles. The zero-order chi connectivity index (χ0) is 27.9.